The monoisotopic (exact) mass is 455 g/mol. The number of hydrogen-bond donors (Lipinski definition) is 8. The summed E-state index contributed by atoms with van der Waals surface area (Å²) < 4.78 is 0. The van der Waals surface area contributed by atoms with Crippen LogP contribution < -0.4 is 27.4 Å². The molecular weight excluding hydrogens is 430 g/mol. The Hall–Kier alpha value is -3.32. The molecule has 9 N–H and O–H groups in total. The quantitative estimate of drug-likeness (QED) is 0.154. The number of primary amides is 1. The topological polar surface area (TPSA) is 214 Å². The number of amides is 4. The second-order valence-electron chi connectivity index (χ2n) is 6.57. The lowest BCUT2D eigenvalue weighted by Gasteiger charge is -2.21. The summed E-state index contributed by atoms with van der Waals surface area (Å²) in [6.45, 7) is -0.550. The summed E-state index contributed by atoms with van der Waals surface area (Å²) in [5.74, 6) is -4.54. The third-order valence-electron chi connectivity index (χ3n) is 4.01. The van der Waals surface area contributed by atoms with Gasteiger partial charge in [-0.15, -0.1) is 0 Å². The van der Waals surface area contributed by atoms with E-state index in [4.69, 9.17) is 16.6 Å². The van der Waals surface area contributed by atoms with Gasteiger partial charge in [-0.3, -0.25) is 19.2 Å². The summed E-state index contributed by atoms with van der Waals surface area (Å²) in [5.41, 5.74) is 11.2. The molecule has 0 spiro atoms. The molecular formula is C18H25N5O7S. The molecule has 0 fully saturated rings. The highest BCUT2D eigenvalue weighted by atomic mass is 32.1. The Morgan fingerprint density at radius 1 is 1.00 bits per heavy atom. The number of nitrogens with one attached hydrogen (secondary N) is 3. The Bertz CT molecular complexity index is 818. The number of aromatic hydroxyl groups is 1. The molecule has 1 aromatic rings. The average Bonchev–Trinajstić information content (AvgIpc) is 2.70. The average molecular weight is 455 g/mol. The number of thiol groups is 1. The van der Waals surface area contributed by atoms with Gasteiger partial charge in [0.15, 0.2) is 0 Å². The van der Waals surface area contributed by atoms with Crippen LogP contribution in [0.25, 0.3) is 0 Å². The minimum Gasteiger partial charge on any atom is -0.508 e. The first-order chi connectivity index (χ1) is 14.5. The molecule has 0 radical (unpaired) electrons. The number of phenols is 1. The number of benzene rings is 1. The summed E-state index contributed by atoms with van der Waals surface area (Å²) in [4.78, 5) is 58.6. The molecule has 0 aliphatic rings. The number of phenolic OH excluding ortho intramolecular Hbond substituents is 1. The number of aliphatic carboxylic acids is 1. The fraction of sp³-hybridized carbons (Fsp3) is 0.389. The number of carbonyl (C=O) groups is 5. The number of nitrogens with two attached hydrogens (primary N) is 2. The van der Waals surface area contributed by atoms with Gasteiger partial charge >= 0.3 is 5.97 Å². The van der Waals surface area contributed by atoms with E-state index >= 15 is 0 Å². The van der Waals surface area contributed by atoms with Gasteiger partial charge in [-0.2, -0.15) is 12.6 Å². The molecule has 170 valence electrons. The van der Waals surface area contributed by atoms with E-state index in [0.717, 1.165) is 0 Å². The molecule has 1 aromatic carbocycles. The molecule has 0 aliphatic carbocycles. The van der Waals surface area contributed by atoms with Gasteiger partial charge in [-0.1, -0.05) is 12.1 Å². The van der Waals surface area contributed by atoms with Crippen LogP contribution in [0.15, 0.2) is 24.3 Å². The Labute approximate surface area is 183 Å². The van der Waals surface area contributed by atoms with Crippen molar-refractivity contribution in [3.63, 3.8) is 0 Å². The standard InChI is InChI=1S/C18H25N5O7S/c19-11(6-14(20)25)16(27)23-12(5-9-1-3-10(24)4-2-9)17(28)21-7-15(26)22-13(8-31)18(29)30/h1-4,11-13,24,31H,5-8,19H2,(H2,20,25)(H,21,28)(H,22,26)(H,23,27)(H,29,30). The number of carboxylic acids is 1. The maximum absolute atomic E-state index is 12.6. The molecule has 0 heterocycles. The van der Waals surface area contributed by atoms with Crippen molar-refractivity contribution >= 4 is 42.2 Å². The van der Waals surface area contributed by atoms with E-state index in [1.807, 2.05) is 0 Å². The van der Waals surface area contributed by atoms with Crippen LogP contribution in [-0.2, 0) is 30.4 Å². The van der Waals surface area contributed by atoms with Crippen molar-refractivity contribution in [2.24, 2.45) is 11.5 Å². The second kappa shape index (κ2) is 12.4. The van der Waals surface area contributed by atoms with Gasteiger partial charge in [-0.05, 0) is 17.7 Å². The van der Waals surface area contributed by atoms with Crippen LogP contribution in [0.2, 0.25) is 0 Å². The van der Waals surface area contributed by atoms with E-state index in [1.54, 1.807) is 0 Å². The van der Waals surface area contributed by atoms with Gasteiger partial charge in [0.05, 0.1) is 19.0 Å². The zero-order valence-corrected chi connectivity index (χ0v) is 17.3. The zero-order valence-electron chi connectivity index (χ0n) is 16.4. The van der Waals surface area contributed by atoms with Crippen LogP contribution in [-0.4, -0.2) is 70.2 Å². The molecule has 0 saturated heterocycles. The van der Waals surface area contributed by atoms with E-state index in [0.29, 0.717) is 5.56 Å². The molecule has 3 atom stereocenters. The van der Waals surface area contributed by atoms with Crippen LogP contribution >= 0.6 is 12.6 Å². The minimum absolute atomic E-state index is 0.00566. The Balaban J connectivity index is 2.83. The first-order valence-corrected chi connectivity index (χ1v) is 9.69. The molecule has 0 aliphatic heterocycles. The van der Waals surface area contributed by atoms with Crippen molar-refractivity contribution in [2.75, 3.05) is 12.3 Å². The predicted octanol–water partition coefficient (Wildman–Crippen LogP) is -2.76. The van der Waals surface area contributed by atoms with Gasteiger partial charge in [0.2, 0.25) is 23.6 Å². The SMILES string of the molecule is NC(=O)CC(N)C(=O)NC(Cc1ccc(O)cc1)C(=O)NCC(=O)NC(CS)C(=O)O. The smallest absolute Gasteiger partial charge is 0.327 e. The molecule has 0 aromatic heterocycles. The predicted molar refractivity (Wildman–Crippen MR) is 112 cm³/mol. The van der Waals surface area contributed by atoms with Gasteiger partial charge in [-0.25, -0.2) is 4.79 Å². The summed E-state index contributed by atoms with van der Waals surface area (Å²) in [6, 6.07) is 2.16. The maximum atomic E-state index is 12.6. The summed E-state index contributed by atoms with van der Waals surface area (Å²) in [6.07, 6.45) is -0.445. The summed E-state index contributed by atoms with van der Waals surface area (Å²) in [7, 11) is 0. The number of carboxylic acid groups (broad SMARTS) is 1. The molecule has 13 heteroatoms. The molecule has 31 heavy (non-hydrogen) atoms. The highest BCUT2D eigenvalue weighted by Crippen LogP contribution is 2.11. The first-order valence-electron chi connectivity index (χ1n) is 9.06. The highest BCUT2D eigenvalue weighted by molar-refractivity contribution is 7.80. The van der Waals surface area contributed by atoms with Crippen molar-refractivity contribution in [3.05, 3.63) is 29.8 Å². The highest BCUT2D eigenvalue weighted by Gasteiger charge is 2.26. The van der Waals surface area contributed by atoms with E-state index in [-0.39, 0.29) is 17.9 Å². The van der Waals surface area contributed by atoms with Crippen LogP contribution in [0.3, 0.4) is 0 Å². The second-order valence-corrected chi connectivity index (χ2v) is 6.93. The van der Waals surface area contributed by atoms with Crippen LogP contribution in [0, 0.1) is 0 Å². The fourth-order valence-corrected chi connectivity index (χ4v) is 2.63. The Morgan fingerprint density at radius 3 is 2.13 bits per heavy atom. The molecule has 1 rings (SSSR count). The maximum Gasteiger partial charge on any atom is 0.327 e. The van der Waals surface area contributed by atoms with Crippen molar-refractivity contribution < 1.29 is 34.2 Å². The van der Waals surface area contributed by atoms with Crippen LogP contribution in [0.5, 0.6) is 5.75 Å². The van der Waals surface area contributed by atoms with E-state index < -0.39 is 60.7 Å². The van der Waals surface area contributed by atoms with Gasteiger partial charge in [0, 0.05) is 12.2 Å². The molecule has 3 unspecified atom stereocenters. The van der Waals surface area contributed by atoms with Gasteiger partial charge in [0.1, 0.15) is 17.8 Å². The first kappa shape index (κ1) is 25.7. The third kappa shape index (κ3) is 9.35. The normalized spacial score (nSPS) is 13.4. The zero-order chi connectivity index (χ0) is 23.6. The van der Waals surface area contributed by atoms with Crippen LogP contribution in [0.1, 0.15) is 12.0 Å². The van der Waals surface area contributed by atoms with Gasteiger partial charge < -0.3 is 37.6 Å². The molecule has 12 nitrogen and oxygen atoms in total. The fourth-order valence-electron chi connectivity index (χ4n) is 2.39. The van der Waals surface area contributed by atoms with E-state index in [1.165, 1.54) is 24.3 Å². The van der Waals surface area contributed by atoms with Gasteiger partial charge in [0.25, 0.3) is 0 Å². The minimum atomic E-state index is -1.28. The summed E-state index contributed by atoms with van der Waals surface area (Å²) in [5, 5.41) is 25.2. The van der Waals surface area contributed by atoms with E-state index in [2.05, 4.69) is 28.6 Å². The molecule has 0 bridgehead atoms. The lowest BCUT2D eigenvalue weighted by molar-refractivity contribution is -0.141. The molecule has 4 amide bonds. The lowest BCUT2D eigenvalue weighted by Crippen LogP contribution is -2.54. The lowest BCUT2D eigenvalue weighted by atomic mass is 10.0. The van der Waals surface area contributed by atoms with E-state index in [9.17, 15) is 29.1 Å². The van der Waals surface area contributed by atoms with Crippen LogP contribution in [0.4, 0.5) is 0 Å². The van der Waals surface area contributed by atoms with Crippen molar-refractivity contribution in [2.45, 2.75) is 31.0 Å². The number of hydrogen-bond acceptors (Lipinski definition) is 8. The Morgan fingerprint density at radius 2 is 1.61 bits per heavy atom. The molecule has 0 saturated carbocycles. The summed E-state index contributed by atoms with van der Waals surface area (Å²) >= 11 is 3.82. The Kier molecular flexibility index (Phi) is 10.3. The van der Waals surface area contributed by atoms with Crippen molar-refractivity contribution in [1.82, 2.24) is 16.0 Å². The number of carbonyl (C=O) groups excluding carboxylic acids is 4. The largest absolute Gasteiger partial charge is 0.508 e. The van der Waals surface area contributed by atoms with Crippen molar-refractivity contribution in [3.8, 4) is 5.75 Å². The van der Waals surface area contributed by atoms with Crippen molar-refractivity contribution in [1.29, 1.82) is 0 Å². The number of rotatable bonds is 12. The third-order valence-corrected chi connectivity index (χ3v) is 4.37.